The number of rotatable bonds is 7. The zero-order chi connectivity index (χ0) is 23.6. The quantitative estimate of drug-likeness (QED) is 0.433. The van der Waals surface area contributed by atoms with Crippen LogP contribution in [0.5, 0.6) is 0 Å². The van der Waals surface area contributed by atoms with E-state index in [9.17, 15) is 19.2 Å². The summed E-state index contributed by atoms with van der Waals surface area (Å²) in [6.45, 7) is 4.76. The molecule has 3 aromatic rings. The van der Waals surface area contributed by atoms with Gasteiger partial charge in [-0.05, 0) is 25.0 Å². The molecule has 0 fully saturated rings. The minimum atomic E-state index is -0.882. The van der Waals surface area contributed by atoms with Gasteiger partial charge in [0.25, 0.3) is 5.56 Å². The zero-order valence-electron chi connectivity index (χ0n) is 18.2. The Morgan fingerprint density at radius 1 is 1.19 bits per heavy atom. The number of esters is 1. The molecule has 2 N–H and O–H groups in total. The van der Waals surface area contributed by atoms with E-state index in [-0.39, 0.29) is 35.6 Å². The number of hydrogen-bond donors (Lipinski definition) is 1. The Morgan fingerprint density at radius 3 is 2.47 bits per heavy atom. The average molecular weight is 440 g/mol. The molecule has 0 aliphatic carbocycles. The van der Waals surface area contributed by atoms with E-state index >= 15 is 0 Å². The predicted octanol–water partition coefficient (Wildman–Crippen LogP) is 1.79. The van der Waals surface area contributed by atoms with Gasteiger partial charge in [0.15, 0.2) is 12.3 Å². The lowest BCUT2D eigenvalue weighted by atomic mass is 10.1. The molecular weight excluding hydrogens is 416 g/mol. The molecule has 0 amide bonds. The maximum Gasteiger partial charge on any atom is 0.361 e. The number of oxazole rings is 1. The maximum atomic E-state index is 12.7. The van der Waals surface area contributed by atoms with Crippen LogP contribution in [-0.4, -0.2) is 32.5 Å². The van der Waals surface area contributed by atoms with Gasteiger partial charge in [0.05, 0.1) is 0 Å². The number of nitrogen functional groups attached to an aromatic ring is 1. The SMILES string of the molecule is Cc1oc(-c2ccccc2)nc1C(=O)OCC(=O)c1c(N)n(CC(C)C)c(=O)n(C)c1=O. The Kier molecular flexibility index (Phi) is 6.42. The average Bonchev–Trinajstić information content (AvgIpc) is 3.16. The summed E-state index contributed by atoms with van der Waals surface area (Å²) in [6.07, 6.45) is 0. The van der Waals surface area contributed by atoms with Crippen LogP contribution >= 0.6 is 0 Å². The number of nitrogens with zero attached hydrogens (tertiary/aromatic N) is 3. The van der Waals surface area contributed by atoms with Gasteiger partial charge >= 0.3 is 11.7 Å². The summed E-state index contributed by atoms with van der Waals surface area (Å²) < 4.78 is 12.6. The number of carbonyl (C=O) groups excluding carboxylic acids is 2. The van der Waals surface area contributed by atoms with E-state index in [0.717, 1.165) is 9.13 Å². The summed E-state index contributed by atoms with van der Waals surface area (Å²) in [7, 11) is 1.26. The van der Waals surface area contributed by atoms with Crippen molar-refractivity contribution in [3.63, 3.8) is 0 Å². The van der Waals surface area contributed by atoms with Gasteiger partial charge in [-0.2, -0.15) is 0 Å². The van der Waals surface area contributed by atoms with Crippen LogP contribution in [0.1, 0.15) is 40.5 Å². The van der Waals surface area contributed by atoms with E-state index < -0.39 is 35.2 Å². The molecule has 168 valence electrons. The number of ketones is 1. The highest BCUT2D eigenvalue weighted by Crippen LogP contribution is 2.22. The highest BCUT2D eigenvalue weighted by Gasteiger charge is 2.25. The highest BCUT2D eigenvalue weighted by molar-refractivity contribution is 6.02. The molecule has 0 spiro atoms. The van der Waals surface area contributed by atoms with E-state index in [2.05, 4.69) is 4.98 Å². The van der Waals surface area contributed by atoms with Crippen molar-refractivity contribution < 1.29 is 18.7 Å². The Hall–Kier alpha value is -3.95. The smallest absolute Gasteiger partial charge is 0.361 e. The molecule has 0 saturated carbocycles. The van der Waals surface area contributed by atoms with Crippen LogP contribution < -0.4 is 17.0 Å². The molecule has 3 rings (SSSR count). The van der Waals surface area contributed by atoms with E-state index in [1.54, 1.807) is 31.2 Å². The molecule has 10 heteroatoms. The molecule has 0 saturated heterocycles. The van der Waals surface area contributed by atoms with Crippen LogP contribution in [0.4, 0.5) is 5.82 Å². The van der Waals surface area contributed by atoms with Crippen molar-refractivity contribution in [2.75, 3.05) is 12.3 Å². The van der Waals surface area contributed by atoms with E-state index in [1.165, 1.54) is 7.05 Å². The van der Waals surface area contributed by atoms with Crippen LogP contribution in [0, 0.1) is 12.8 Å². The van der Waals surface area contributed by atoms with Gasteiger partial charge in [0, 0.05) is 19.2 Å². The standard InChI is InChI=1S/C22H24N4O6/c1-12(2)10-26-18(23)16(20(28)25(4)22(26)30)15(27)11-31-21(29)17-13(3)32-19(24-17)14-8-6-5-7-9-14/h5-9,12H,10-11,23H2,1-4H3. The number of aryl methyl sites for hydroxylation is 1. The zero-order valence-corrected chi connectivity index (χ0v) is 18.2. The summed E-state index contributed by atoms with van der Waals surface area (Å²) in [5, 5.41) is 0. The van der Waals surface area contributed by atoms with Gasteiger partial charge < -0.3 is 14.9 Å². The fourth-order valence-corrected chi connectivity index (χ4v) is 3.15. The Morgan fingerprint density at radius 2 is 1.84 bits per heavy atom. The molecule has 0 unspecified atom stereocenters. The van der Waals surface area contributed by atoms with E-state index in [4.69, 9.17) is 14.9 Å². The van der Waals surface area contributed by atoms with Crippen LogP contribution in [-0.2, 0) is 18.3 Å². The second-order valence-electron chi connectivity index (χ2n) is 7.70. The fourth-order valence-electron chi connectivity index (χ4n) is 3.15. The number of benzene rings is 1. The largest absolute Gasteiger partial charge is 0.452 e. The number of carbonyl (C=O) groups is 2. The Balaban J connectivity index is 1.83. The van der Waals surface area contributed by atoms with Gasteiger partial charge in [-0.3, -0.25) is 18.7 Å². The molecule has 0 bridgehead atoms. The van der Waals surface area contributed by atoms with Crippen LogP contribution in [0.25, 0.3) is 11.5 Å². The lowest BCUT2D eigenvalue weighted by molar-refractivity contribution is 0.0467. The Bertz CT molecular complexity index is 1280. The van der Waals surface area contributed by atoms with E-state index in [0.29, 0.717) is 5.56 Å². The molecule has 1 aromatic carbocycles. The number of ether oxygens (including phenoxy) is 1. The van der Waals surface area contributed by atoms with Crippen LogP contribution in [0.2, 0.25) is 0 Å². The van der Waals surface area contributed by atoms with Crippen molar-refractivity contribution in [1.29, 1.82) is 0 Å². The van der Waals surface area contributed by atoms with Gasteiger partial charge in [-0.15, -0.1) is 0 Å². The number of nitrogens with two attached hydrogens (primary N) is 1. The van der Waals surface area contributed by atoms with Crippen molar-refractivity contribution in [3.05, 3.63) is 68.2 Å². The first-order chi connectivity index (χ1) is 15.1. The first kappa shape index (κ1) is 22.7. The van der Waals surface area contributed by atoms with Crippen molar-refractivity contribution in [1.82, 2.24) is 14.1 Å². The van der Waals surface area contributed by atoms with Gasteiger partial charge in [0.1, 0.15) is 17.1 Å². The molecule has 0 aliphatic rings. The van der Waals surface area contributed by atoms with Crippen molar-refractivity contribution in [3.8, 4) is 11.5 Å². The molecule has 32 heavy (non-hydrogen) atoms. The van der Waals surface area contributed by atoms with Crippen molar-refractivity contribution in [2.45, 2.75) is 27.3 Å². The number of Topliss-reactive ketones (excluding diaryl/α,β-unsaturated/α-hetero) is 1. The first-order valence-electron chi connectivity index (χ1n) is 9.94. The van der Waals surface area contributed by atoms with Gasteiger partial charge in [-0.1, -0.05) is 32.0 Å². The third-order valence-corrected chi connectivity index (χ3v) is 4.75. The molecule has 10 nitrogen and oxygen atoms in total. The number of hydrogen-bond acceptors (Lipinski definition) is 8. The highest BCUT2D eigenvalue weighted by atomic mass is 16.5. The predicted molar refractivity (Wildman–Crippen MR) is 116 cm³/mol. The Labute approximate surface area is 183 Å². The van der Waals surface area contributed by atoms with Crippen molar-refractivity contribution >= 4 is 17.6 Å². The number of anilines is 1. The van der Waals surface area contributed by atoms with Gasteiger partial charge in [0.2, 0.25) is 11.7 Å². The molecule has 0 aliphatic heterocycles. The monoisotopic (exact) mass is 440 g/mol. The van der Waals surface area contributed by atoms with Crippen molar-refractivity contribution in [2.24, 2.45) is 13.0 Å². The van der Waals surface area contributed by atoms with Crippen LogP contribution in [0.3, 0.4) is 0 Å². The van der Waals surface area contributed by atoms with Gasteiger partial charge in [-0.25, -0.2) is 14.6 Å². The summed E-state index contributed by atoms with van der Waals surface area (Å²) in [5.74, 6) is -1.45. The van der Waals surface area contributed by atoms with Crippen LogP contribution in [0.15, 0.2) is 44.3 Å². The summed E-state index contributed by atoms with van der Waals surface area (Å²) >= 11 is 0. The lowest BCUT2D eigenvalue weighted by Gasteiger charge is -2.16. The second-order valence-corrected chi connectivity index (χ2v) is 7.70. The minimum Gasteiger partial charge on any atom is -0.452 e. The molecule has 0 atom stereocenters. The molecule has 2 heterocycles. The third-order valence-electron chi connectivity index (χ3n) is 4.75. The fraction of sp³-hybridized carbons (Fsp3) is 0.318. The first-order valence-corrected chi connectivity index (χ1v) is 9.94. The minimum absolute atomic E-state index is 0.0437. The number of aromatic nitrogens is 3. The summed E-state index contributed by atoms with van der Waals surface area (Å²) in [4.78, 5) is 54.2. The van der Waals surface area contributed by atoms with E-state index in [1.807, 2.05) is 19.9 Å². The third kappa shape index (κ3) is 4.39. The summed E-state index contributed by atoms with van der Waals surface area (Å²) in [6, 6.07) is 8.98. The second kappa shape index (κ2) is 9.04. The summed E-state index contributed by atoms with van der Waals surface area (Å²) in [5.41, 5.74) is 4.69. The molecular formula is C22H24N4O6. The normalized spacial score (nSPS) is 11.0. The topological polar surface area (TPSA) is 139 Å². The lowest BCUT2D eigenvalue weighted by Crippen LogP contribution is -2.43. The maximum absolute atomic E-state index is 12.7. The molecule has 2 aromatic heterocycles. The molecule has 0 radical (unpaired) electrons.